The van der Waals surface area contributed by atoms with Crippen LogP contribution in [0.1, 0.15) is 39.5 Å². The number of ether oxygens (including phenoxy) is 1. The Hall–Kier alpha value is -0.120. The molecule has 0 saturated heterocycles. The van der Waals surface area contributed by atoms with Crippen LogP contribution >= 0.6 is 0 Å². The highest BCUT2D eigenvalue weighted by atomic mass is 16.5. The number of nitrogens with zero attached hydrogens (tertiary/aromatic N) is 1. The summed E-state index contributed by atoms with van der Waals surface area (Å²) in [5.74, 6) is 0.764. The molecule has 0 aromatic heterocycles. The van der Waals surface area contributed by atoms with Crippen molar-refractivity contribution in [2.24, 2.45) is 5.92 Å². The van der Waals surface area contributed by atoms with Crippen LogP contribution in [0.3, 0.4) is 0 Å². The molecule has 0 saturated carbocycles. The summed E-state index contributed by atoms with van der Waals surface area (Å²) in [5, 5.41) is 3.47. The van der Waals surface area contributed by atoms with Crippen LogP contribution in [-0.2, 0) is 4.74 Å². The van der Waals surface area contributed by atoms with Gasteiger partial charge < -0.3 is 15.0 Å². The summed E-state index contributed by atoms with van der Waals surface area (Å²) in [4.78, 5) is 2.15. The monoisotopic (exact) mass is 244 g/mol. The quantitative estimate of drug-likeness (QED) is 0.533. The van der Waals surface area contributed by atoms with E-state index in [1.165, 1.54) is 32.2 Å². The molecule has 0 amide bonds. The van der Waals surface area contributed by atoms with Crippen molar-refractivity contribution in [1.29, 1.82) is 0 Å². The minimum absolute atomic E-state index is 0.764. The minimum atomic E-state index is 0.764. The van der Waals surface area contributed by atoms with Crippen LogP contribution < -0.4 is 5.32 Å². The molecular weight excluding hydrogens is 212 g/mol. The lowest BCUT2D eigenvalue weighted by molar-refractivity contribution is 0.114. The fourth-order valence-electron chi connectivity index (χ4n) is 1.55. The summed E-state index contributed by atoms with van der Waals surface area (Å²) >= 11 is 0. The second kappa shape index (κ2) is 12.3. The summed E-state index contributed by atoms with van der Waals surface area (Å²) in [6.45, 7) is 9.62. The second-order valence-corrected chi connectivity index (χ2v) is 5.43. The molecule has 0 rings (SSSR count). The van der Waals surface area contributed by atoms with Crippen LogP contribution in [0.25, 0.3) is 0 Å². The second-order valence-electron chi connectivity index (χ2n) is 5.43. The summed E-state index contributed by atoms with van der Waals surface area (Å²) in [5.41, 5.74) is 0. The van der Waals surface area contributed by atoms with E-state index in [4.69, 9.17) is 4.74 Å². The molecule has 3 nitrogen and oxygen atoms in total. The Morgan fingerprint density at radius 3 is 2.35 bits per heavy atom. The number of hydrogen-bond acceptors (Lipinski definition) is 3. The fourth-order valence-corrected chi connectivity index (χ4v) is 1.55. The molecule has 0 spiro atoms. The molecular formula is C14H32N2O. The van der Waals surface area contributed by atoms with Gasteiger partial charge in [-0.2, -0.15) is 0 Å². The first kappa shape index (κ1) is 16.9. The largest absolute Gasteiger partial charge is 0.380 e. The van der Waals surface area contributed by atoms with Gasteiger partial charge in [-0.3, -0.25) is 0 Å². The molecule has 104 valence electrons. The SMILES string of the molecule is CC(C)CNCCCCCCOCCN(C)C. The van der Waals surface area contributed by atoms with Crippen molar-refractivity contribution in [2.75, 3.05) is 46.9 Å². The predicted octanol–water partition coefficient (Wildman–Crippen LogP) is 2.37. The maximum atomic E-state index is 5.55. The van der Waals surface area contributed by atoms with Gasteiger partial charge in [0.1, 0.15) is 0 Å². The van der Waals surface area contributed by atoms with E-state index in [0.29, 0.717) is 0 Å². The lowest BCUT2D eigenvalue weighted by Gasteiger charge is -2.09. The third kappa shape index (κ3) is 15.9. The van der Waals surface area contributed by atoms with Crippen LogP contribution in [0.5, 0.6) is 0 Å². The van der Waals surface area contributed by atoms with Gasteiger partial charge in [0.25, 0.3) is 0 Å². The number of unbranched alkanes of at least 4 members (excludes halogenated alkanes) is 3. The van der Waals surface area contributed by atoms with E-state index in [9.17, 15) is 0 Å². The van der Waals surface area contributed by atoms with Gasteiger partial charge >= 0.3 is 0 Å². The van der Waals surface area contributed by atoms with Crippen molar-refractivity contribution in [3.63, 3.8) is 0 Å². The maximum Gasteiger partial charge on any atom is 0.0593 e. The standard InChI is InChI=1S/C14H32N2O/c1-14(2)13-15-9-7-5-6-8-11-17-12-10-16(3)4/h14-15H,5-13H2,1-4H3. The molecule has 0 fully saturated rings. The lowest BCUT2D eigenvalue weighted by Crippen LogP contribution is -2.20. The molecule has 17 heavy (non-hydrogen) atoms. The highest BCUT2D eigenvalue weighted by Crippen LogP contribution is 1.99. The Balaban J connectivity index is 2.94. The smallest absolute Gasteiger partial charge is 0.0593 e. The predicted molar refractivity (Wildman–Crippen MR) is 75.5 cm³/mol. The topological polar surface area (TPSA) is 24.5 Å². The molecule has 0 aliphatic rings. The highest BCUT2D eigenvalue weighted by Gasteiger charge is 1.94. The van der Waals surface area contributed by atoms with Gasteiger partial charge in [-0.1, -0.05) is 26.7 Å². The summed E-state index contributed by atoms with van der Waals surface area (Å²) in [6, 6.07) is 0. The van der Waals surface area contributed by atoms with Gasteiger partial charge in [-0.15, -0.1) is 0 Å². The van der Waals surface area contributed by atoms with Crippen LogP contribution in [0, 0.1) is 5.92 Å². The van der Waals surface area contributed by atoms with E-state index in [0.717, 1.165) is 32.2 Å². The molecule has 0 radical (unpaired) electrons. The Bertz CT molecular complexity index is 133. The minimum Gasteiger partial charge on any atom is -0.380 e. The Labute approximate surface area is 108 Å². The van der Waals surface area contributed by atoms with E-state index < -0.39 is 0 Å². The van der Waals surface area contributed by atoms with E-state index >= 15 is 0 Å². The van der Waals surface area contributed by atoms with Crippen LogP contribution in [0.2, 0.25) is 0 Å². The van der Waals surface area contributed by atoms with E-state index in [2.05, 4.69) is 38.2 Å². The van der Waals surface area contributed by atoms with Crippen molar-refractivity contribution in [3.8, 4) is 0 Å². The van der Waals surface area contributed by atoms with E-state index in [-0.39, 0.29) is 0 Å². The van der Waals surface area contributed by atoms with Crippen molar-refractivity contribution in [3.05, 3.63) is 0 Å². The zero-order chi connectivity index (χ0) is 12.9. The number of likely N-dealkylation sites (N-methyl/N-ethyl adjacent to an activating group) is 1. The number of rotatable bonds is 12. The number of hydrogen-bond donors (Lipinski definition) is 1. The third-order valence-corrected chi connectivity index (χ3v) is 2.63. The molecule has 0 aliphatic heterocycles. The van der Waals surface area contributed by atoms with Gasteiger partial charge in [0.05, 0.1) is 6.61 Å². The van der Waals surface area contributed by atoms with Gasteiger partial charge in [0.2, 0.25) is 0 Å². The first-order valence-corrected chi connectivity index (χ1v) is 7.06. The average molecular weight is 244 g/mol. The molecule has 0 aromatic rings. The zero-order valence-electron chi connectivity index (χ0n) is 12.3. The maximum absolute atomic E-state index is 5.55. The Morgan fingerprint density at radius 2 is 1.71 bits per heavy atom. The first-order chi connectivity index (χ1) is 8.13. The van der Waals surface area contributed by atoms with Gasteiger partial charge in [-0.05, 0) is 45.9 Å². The fraction of sp³-hybridized carbons (Fsp3) is 1.00. The molecule has 1 N–H and O–H groups in total. The van der Waals surface area contributed by atoms with Gasteiger partial charge in [-0.25, -0.2) is 0 Å². The molecule has 0 aromatic carbocycles. The van der Waals surface area contributed by atoms with Crippen molar-refractivity contribution < 1.29 is 4.74 Å². The molecule has 3 heteroatoms. The highest BCUT2D eigenvalue weighted by molar-refractivity contribution is 4.52. The number of nitrogens with one attached hydrogen (secondary N) is 1. The lowest BCUT2D eigenvalue weighted by atomic mass is 10.2. The van der Waals surface area contributed by atoms with E-state index in [1.807, 2.05) is 0 Å². The Kier molecular flexibility index (Phi) is 12.3. The molecule has 0 atom stereocenters. The van der Waals surface area contributed by atoms with E-state index in [1.54, 1.807) is 0 Å². The van der Waals surface area contributed by atoms with Gasteiger partial charge in [0.15, 0.2) is 0 Å². The summed E-state index contributed by atoms with van der Waals surface area (Å²) in [7, 11) is 4.15. The summed E-state index contributed by atoms with van der Waals surface area (Å²) in [6.07, 6.45) is 5.12. The summed E-state index contributed by atoms with van der Waals surface area (Å²) < 4.78 is 5.55. The molecule has 0 heterocycles. The molecule has 0 aliphatic carbocycles. The average Bonchev–Trinajstić information content (AvgIpc) is 2.25. The van der Waals surface area contributed by atoms with Crippen LogP contribution in [0.4, 0.5) is 0 Å². The van der Waals surface area contributed by atoms with Crippen LogP contribution in [0.15, 0.2) is 0 Å². The molecule has 0 unspecified atom stereocenters. The van der Waals surface area contributed by atoms with Crippen molar-refractivity contribution >= 4 is 0 Å². The van der Waals surface area contributed by atoms with Crippen molar-refractivity contribution in [2.45, 2.75) is 39.5 Å². The Morgan fingerprint density at radius 1 is 1.00 bits per heavy atom. The third-order valence-electron chi connectivity index (χ3n) is 2.63. The first-order valence-electron chi connectivity index (χ1n) is 7.06. The van der Waals surface area contributed by atoms with Crippen molar-refractivity contribution in [1.82, 2.24) is 10.2 Å². The van der Waals surface area contributed by atoms with Crippen LogP contribution in [-0.4, -0.2) is 51.8 Å². The van der Waals surface area contributed by atoms with Gasteiger partial charge in [0, 0.05) is 13.2 Å². The molecule has 0 bridgehead atoms. The zero-order valence-corrected chi connectivity index (χ0v) is 12.3. The normalized spacial score (nSPS) is 11.6.